The summed E-state index contributed by atoms with van der Waals surface area (Å²) in [6.45, 7) is 0.116. The molecule has 1 aromatic heterocycles. The number of carbonyl (C=O) groups is 1. The fraction of sp³-hybridized carbons (Fsp3) is 0.222. The van der Waals surface area contributed by atoms with Crippen LogP contribution in [0.15, 0.2) is 6.07 Å². The Morgan fingerprint density at radius 3 is 2.76 bits per heavy atom. The van der Waals surface area contributed by atoms with Crippen LogP contribution in [0.3, 0.4) is 0 Å². The molecule has 90 valence electrons. The van der Waals surface area contributed by atoms with E-state index in [4.69, 9.17) is 23.2 Å². The Kier molecular flexibility index (Phi) is 3.66. The van der Waals surface area contributed by atoms with Crippen molar-refractivity contribution in [1.29, 1.82) is 0 Å². The third kappa shape index (κ3) is 2.43. The van der Waals surface area contributed by atoms with Gasteiger partial charge in [-0.1, -0.05) is 23.2 Å². The van der Waals surface area contributed by atoms with Crippen LogP contribution in [0.5, 0.6) is 0 Å². The van der Waals surface area contributed by atoms with E-state index in [2.05, 4.69) is 19.4 Å². The minimum atomic E-state index is -0.146. The highest BCUT2D eigenvalue weighted by Crippen LogP contribution is 2.34. The lowest BCUT2D eigenvalue weighted by Crippen LogP contribution is -2.26. The number of nitrogens with zero attached hydrogens (tertiary/aromatic N) is 2. The maximum absolute atomic E-state index is 11.2. The van der Waals surface area contributed by atoms with Gasteiger partial charge in [0.15, 0.2) is 0 Å². The van der Waals surface area contributed by atoms with E-state index < -0.39 is 0 Å². The standard InChI is InChI=1S/C9H8Cl2N4OS/c1-12-6(16)3-13-7-4(10)2-5(11)8-9(7)15-17-14-8/h2,13H,3H2,1H3,(H,12,16). The normalized spacial score (nSPS) is 10.5. The van der Waals surface area contributed by atoms with Crippen molar-refractivity contribution in [3.8, 4) is 0 Å². The molecule has 0 unspecified atom stereocenters. The predicted molar refractivity (Wildman–Crippen MR) is 70.0 cm³/mol. The zero-order valence-corrected chi connectivity index (χ0v) is 11.1. The van der Waals surface area contributed by atoms with Crippen LogP contribution in [0.2, 0.25) is 10.0 Å². The van der Waals surface area contributed by atoms with E-state index >= 15 is 0 Å². The highest BCUT2D eigenvalue weighted by atomic mass is 35.5. The smallest absolute Gasteiger partial charge is 0.239 e. The van der Waals surface area contributed by atoms with E-state index in [0.29, 0.717) is 26.8 Å². The lowest BCUT2D eigenvalue weighted by Gasteiger charge is -2.08. The van der Waals surface area contributed by atoms with Crippen LogP contribution < -0.4 is 10.6 Å². The summed E-state index contributed by atoms with van der Waals surface area (Å²) < 4.78 is 8.18. The average molecular weight is 291 g/mol. The quantitative estimate of drug-likeness (QED) is 0.909. The van der Waals surface area contributed by atoms with Crippen LogP contribution >= 0.6 is 34.9 Å². The van der Waals surface area contributed by atoms with Gasteiger partial charge in [-0.2, -0.15) is 8.75 Å². The van der Waals surface area contributed by atoms with Gasteiger partial charge in [-0.15, -0.1) is 0 Å². The summed E-state index contributed by atoms with van der Waals surface area (Å²) in [5.74, 6) is -0.146. The molecule has 0 saturated carbocycles. The van der Waals surface area contributed by atoms with Crippen LogP contribution in [-0.2, 0) is 4.79 Å². The van der Waals surface area contributed by atoms with Gasteiger partial charge in [0.1, 0.15) is 11.0 Å². The molecule has 8 heteroatoms. The number of aromatic nitrogens is 2. The van der Waals surface area contributed by atoms with E-state index in [0.717, 1.165) is 11.7 Å². The number of amides is 1. The number of benzene rings is 1. The summed E-state index contributed by atoms with van der Waals surface area (Å²) in [5, 5.41) is 6.29. The van der Waals surface area contributed by atoms with Crippen molar-refractivity contribution in [2.24, 2.45) is 0 Å². The maximum atomic E-state index is 11.2. The molecule has 0 atom stereocenters. The van der Waals surface area contributed by atoms with Gasteiger partial charge in [0, 0.05) is 7.05 Å². The molecular weight excluding hydrogens is 283 g/mol. The minimum Gasteiger partial charge on any atom is -0.373 e. The molecule has 0 aliphatic carbocycles. The van der Waals surface area contributed by atoms with Crippen molar-refractivity contribution in [3.05, 3.63) is 16.1 Å². The summed E-state index contributed by atoms with van der Waals surface area (Å²) in [4.78, 5) is 11.2. The zero-order valence-electron chi connectivity index (χ0n) is 8.75. The first-order valence-electron chi connectivity index (χ1n) is 4.68. The Balaban J connectivity index is 2.39. The second-order valence-electron chi connectivity index (χ2n) is 3.20. The molecule has 5 nitrogen and oxygen atoms in total. The molecule has 0 bridgehead atoms. The molecule has 1 aromatic carbocycles. The number of halogens is 2. The van der Waals surface area contributed by atoms with Gasteiger partial charge in [-0.3, -0.25) is 4.79 Å². The van der Waals surface area contributed by atoms with E-state index in [9.17, 15) is 4.79 Å². The lowest BCUT2D eigenvalue weighted by molar-refractivity contribution is -0.118. The molecule has 0 spiro atoms. The number of rotatable bonds is 3. The predicted octanol–water partition coefficient (Wildman–Crippen LogP) is 2.16. The largest absolute Gasteiger partial charge is 0.373 e. The van der Waals surface area contributed by atoms with Gasteiger partial charge in [0.05, 0.1) is 34.0 Å². The Hall–Kier alpha value is -1.11. The first-order valence-corrected chi connectivity index (χ1v) is 6.17. The van der Waals surface area contributed by atoms with Crippen molar-refractivity contribution < 1.29 is 4.79 Å². The van der Waals surface area contributed by atoms with E-state index in [-0.39, 0.29) is 12.5 Å². The van der Waals surface area contributed by atoms with Crippen molar-refractivity contribution >= 4 is 57.6 Å². The fourth-order valence-electron chi connectivity index (χ4n) is 1.30. The number of hydrogen-bond acceptors (Lipinski definition) is 5. The average Bonchev–Trinajstić information content (AvgIpc) is 2.77. The number of anilines is 1. The number of fused-ring (bicyclic) bond motifs is 1. The van der Waals surface area contributed by atoms with E-state index in [1.54, 1.807) is 13.1 Å². The highest BCUT2D eigenvalue weighted by molar-refractivity contribution is 7.00. The van der Waals surface area contributed by atoms with Gasteiger partial charge in [-0.05, 0) is 6.07 Å². The van der Waals surface area contributed by atoms with Crippen LogP contribution in [0, 0.1) is 0 Å². The van der Waals surface area contributed by atoms with Gasteiger partial charge < -0.3 is 10.6 Å². The number of nitrogens with one attached hydrogen (secondary N) is 2. The van der Waals surface area contributed by atoms with Crippen LogP contribution in [-0.4, -0.2) is 28.2 Å². The summed E-state index contributed by atoms with van der Waals surface area (Å²) >= 11 is 13.1. The number of carbonyl (C=O) groups excluding carboxylic acids is 1. The Labute approximate surface area is 111 Å². The summed E-state index contributed by atoms with van der Waals surface area (Å²) in [6.07, 6.45) is 0. The third-order valence-electron chi connectivity index (χ3n) is 2.15. The highest BCUT2D eigenvalue weighted by Gasteiger charge is 2.14. The maximum Gasteiger partial charge on any atom is 0.239 e. The SMILES string of the molecule is CNC(=O)CNc1c(Cl)cc(Cl)c2nsnc12. The second kappa shape index (κ2) is 5.03. The summed E-state index contributed by atoms with van der Waals surface area (Å²) in [6, 6.07) is 1.58. The first kappa shape index (κ1) is 12.3. The monoisotopic (exact) mass is 290 g/mol. The molecule has 1 amide bonds. The number of likely N-dealkylation sites (N-methyl/N-ethyl adjacent to an activating group) is 1. The van der Waals surface area contributed by atoms with Crippen LogP contribution in [0.4, 0.5) is 5.69 Å². The molecule has 1 heterocycles. The summed E-state index contributed by atoms with van der Waals surface area (Å²) in [7, 11) is 1.56. The molecule has 0 fully saturated rings. The zero-order chi connectivity index (χ0) is 12.4. The van der Waals surface area contributed by atoms with Crippen molar-refractivity contribution in [2.45, 2.75) is 0 Å². The van der Waals surface area contributed by atoms with E-state index in [1.807, 2.05) is 0 Å². The number of hydrogen-bond donors (Lipinski definition) is 2. The fourth-order valence-corrected chi connectivity index (χ4v) is 2.48. The molecule has 0 aliphatic rings. The molecule has 2 aromatic rings. The Bertz CT molecular complexity index is 571. The van der Waals surface area contributed by atoms with Crippen molar-refractivity contribution in [3.63, 3.8) is 0 Å². The van der Waals surface area contributed by atoms with Gasteiger partial charge in [0.25, 0.3) is 0 Å². The Morgan fingerprint density at radius 1 is 1.35 bits per heavy atom. The minimum absolute atomic E-state index is 0.116. The molecule has 2 N–H and O–H groups in total. The van der Waals surface area contributed by atoms with Crippen LogP contribution in [0.1, 0.15) is 0 Å². The lowest BCUT2D eigenvalue weighted by atomic mass is 10.2. The van der Waals surface area contributed by atoms with Crippen molar-refractivity contribution in [2.75, 3.05) is 18.9 Å². The van der Waals surface area contributed by atoms with Gasteiger partial charge in [0.2, 0.25) is 5.91 Å². The molecule has 0 aliphatic heterocycles. The third-order valence-corrected chi connectivity index (χ3v) is 3.26. The topological polar surface area (TPSA) is 66.9 Å². The molecular formula is C9H8Cl2N4OS. The van der Waals surface area contributed by atoms with Crippen molar-refractivity contribution in [1.82, 2.24) is 14.1 Å². The van der Waals surface area contributed by atoms with Gasteiger partial charge >= 0.3 is 0 Å². The molecule has 17 heavy (non-hydrogen) atoms. The van der Waals surface area contributed by atoms with E-state index in [1.165, 1.54) is 0 Å². The molecule has 0 radical (unpaired) electrons. The first-order chi connectivity index (χ1) is 8.13. The Morgan fingerprint density at radius 2 is 2.06 bits per heavy atom. The molecule has 0 saturated heterocycles. The molecule has 2 rings (SSSR count). The summed E-state index contributed by atoms with van der Waals surface area (Å²) in [5.41, 5.74) is 1.74. The van der Waals surface area contributed by atoms with Crippen LogP contribution in [0.25, 0.3) is 11.0 Å². The second-order valence-corrected chi connectivity index (χ2v) is 4.55. The van der Waals surface area contributed by atoms with Gasteiger partial charge in [-0.25, -0.2) is 0 Å².